The van der Waals surface area contributed by atoms with Crippen molar-refractivity contribution in [3.63, 3.8) is 0 Å². The van der Waals surface area contributed by atoms with Crippen molar-refractivity contribution in [1.82, 2.24) is 0 Å². The van der Waals surface area contributed by atoms with Gasteiger partial charge in [-0.25, -0.2) is 0 Å². The SMILES string of the molecule is CCSc1ccccc1N=Nc1ccccc1. The molecule has 86 valence electrons. The molecule has 0 aromatic heterocycles. The largest absolute Gasteiger partial charge is 0.151 e. The van der Waals surface area contributed by atoms with Gasteiger partial charge in [-0.15, -0.1) is 16.9 Å². The van der Waals surface area contributed by atoms with Gasteiger partial charge in [-0.05, 0) is 30.0 Å². The molecule has 0 amide bonds. The maximum absolute atomic E-state index is 4.30. The molecule has 0 N–H and O–H groups in total. The topological polar surface area (TPSA) is 24.7 Å². The van der Waals surface area contributed by atoms with Gasteiger partial charge in [-0.3, -0.25) is 0 Å². The molecule has 2 nitrogen and oxygen atoms in total. The molecule has 2 rings (SSSR count). The average molecular weight is 242 g/mol. The van der Waals surface area contributed by atoms with Crippen LogP contribution in [0.1, 0.15) is 6.92 Å². The van der Waals surface area contributed by atoms with Gasteiger partial charge in [-0.1, -0.05) is 37.3 Å². The molecule has 0 radical (unpaired) electrons. The van der Waals surface area contributed by atoms with E-state index >= 15 is 0 Å². The summed E-state index contributed by atoms with van der Waals surface area (Å²) in [6.45, 7) is 2.13. The summed E-state index contributed by atoms with van der Waals surface area (Å²) in [6, 6.07) is 17.9. The Morgan fingerprint density at radius 3 is 2.35 bits per heavy atom. The van der Waals surface area contributed by atoms with E-state index in [4.69, 9.17) is 0 Å². The van der Waals surface area contributed by atoms with E-state index in [0.29, 0.717) is 0 Å². The molecule has 0 bridgehead atoms. The zero-order chi connectivity index (χ0) is 11.9. The standard InChI is InChI=1S/C14H14N2S/c1-2-17-14-11-7-6-10-13(14)16-15-12-8-4-3-5-9-12/h3-11H,2H2,1H3. The molecular weight excluding hydrogens is 228 g/mol. The van der Waals surface area contributed by atoms with Crippen LogP contribution in [-0.4, -0.2) is 5.75 Å². The van der Waals surface area contributed by atoms with E-state index in [1.54, 1.807) is 11.8 Å². The van der Waals surface area contributed by atoms with Gasteiger partial charge in [0.05, 0.1) is 11.4 Å². The zero-order valence-corrected chi connectivity index (χ0v) is 10.5. The van der Waals surface area contributed by atoms with E-state index < -0.39 is 0 Å². The van der Waals surface area contributed by atoms with Crippen LogP contribution in [0.3, 0.4) is 0 Å². The molecule has 17 heavy (non-hydrogen) atoms. The summed E-state index contributed by atoms with van der Waals surface area (Å²) in [4.78, 5) is 1.18. The monoisotopic (exact) mass is 242 g/mol. The first-order valence-corrected chi connectivity index (χ1v) is 6.57. The Kier molecular flexibility index (Phi) is 4.33. The fourth-order valence-electron chi connectivity index (χ4n) is 1.42. The molecule has 0 saturated heterocycles. The van der Waals surface area contributed by atoms with E-state index in [1.165, 1.54) is 4.90 Å². The normalized spacial score (nSPS) is 10.9. The molecule has 0 fully saturated rings. The molecule has 3 heteroatoms. The maximum Gasteiger partial charge on any atom is 0.0992 e. The number of nitrogens with zero attached hydrogens (tertiary/aromatic N) is 2. The highest BCUT2D eigenvalue weighted by Gasteiger charge is 1.99. The van der Waals surface area contributed by atoms with Gasteiger partial charge in [0.25, 0.3) is 0 Å². The molecule has 0 atom stereocenters. The molecule has 0 aliphatic carbocycles. The van der Waals surface area contributed by atoms with Gasteiger partial charge in [-0.2, -0.15) is 5.11 Å². The van der Waals surface area contributed by atoms with Crippen molar-refractivity contribution in [2.75, 3.05) is 5.75 Å². The summed E-state index contributed by atoms with van der Waals surface area (Å²) < 4.78 is 0. The summed E-state index contributed by atoms with van der Waals surface area (Å²) in [5.74, 6) is 1.04. The van der Waals surface area contributed by atoms with Crippen molar-refractivity contribution in [2.45, 2.75) is 11.8 Å². The van der Waals surface area contributed by atoms with Crippen LogP contribution in [-0.2, 0) is 0 Å². The Balaban J connectivity index is 2.21. The van der Waals surface area contributed by atoms with Crippen molar-refractivity contribution in [2.24, 2.45) is 10.2 Å². The number of benzene rings is 2. The summed E-state index contributed by atoms with van der Waals surface area (Å²) in [5, 5.41) is 8.53. The molecule has 0 saturated carbocycles. The van der Waals surface area contributed by atoms with Crippen LogP contribution in [0.25, 0.3) is 0 Å². The van der Waals surface area contributed by atoms with Gasteiger partial charge in [0.2, 0.25) is 0 Å². The fourth-order valence-corrected chi connectivity index (χ4v) is 2.17. The van der Waals surface area contributed by atoms with E-state index in [2.05, 4.69) is 23.2 Å². The van der Waals surface area contributed by atoms with Crippen LogP contribution < -0.4 is 0 Å². The summed E-state index contributed by atoms with van der Waals surface area (Å²) in [5.41, 5.74) is 1.81. The predicted molar refractivity (Wildman–Crippen MR) is 73.5 cm³/mol. The summed E-state index contributed by atoms with van der Waals surface area (Å²) in [7, 11) is 0. The molecule has 0 heterocycles. The highest BCUT2D eigenvalue weighted by Crippen LogP contribution is 2.30. The van der Waals surface area contributed by atoms with E-state index in [-0.39, 0.29) is 0 Å². The van der Waals surface area contributed by atoms with Crippen molar-refractivity contribution < 1.29 is 0 Å². The lowest BCUT2D eigenvalue weighted by Gasteiger charge is -2.01. The van der Waals surface area contributed by atoms with E-state index in [0.717, 1.165) is 17.1 Å². The first-order valence-electron chi connectivity index (χ1n) is 5.59. The quantitative estimate of drug-likeness (QED) is 0.533. The Morgan fingerprint density at radius 1 is 0.882 bits per heavy atom. The van der Waals surface area contributed by atoms with Crippen LogP contribution in [0, 0.1) is 0 Å². The van der Waals surface area contributed by atoms with Crippen molar-refractivity contribution in [3.05, 3.63) is 54.6 Å². The van der Waals surface area contributed by atoms with Crippen LogP contribution in [0.5, 0.6) is 0 Å². The third kappa shape index (κ3) is 3.43. The minimum absolute atomic E-state index is 0.879. The minimum Gasteiger partial charge on any atom is -0.151 e. The zero-order valence-electron chi connectivity index (χ0n) is 9.71. The molecular formula is C14H14N2S. The second-order valence-corrected chi connectivity index (χ2v) is 4.74. The molecule has 0 unspecified atom stereocenters. The second-order valence-electron chi connectivity index (χ2n) is 3.44. The van der Waals surface area contributed by atoms with Crippen molar-refractivity contribution in [3.8, 4) is 0 Å². The first kappa shape index (κ1) is 11.9. The van der Waals surface area contributed by atoms with Gasteiger partial charge >= 0.3 is 0 Å². The Bertz CT molecular complexity index is 495. The van der Waals surface area contributed by atoms with Gasteiger partial charge in [0, 0.05) is 4.90 Å². The number of azo groups is 1. The van der Waals surface area contributed by atoms with Gasteiger partial charge in [0.15, 0.2) is 0 Å². The summed E-state index contributed by atoms with van der Waals surface area (Å²) >= 11 is 1.78. The lowest BCUT2D eigenvalue weighted by Crippen LogP contribution is -1.73. The number of rotatable bonds is 4. The highest BCUT2D eigenvalue weighted by atomic mass is 32.2. The number of hydrogen-bond donors (Lipinski definition) is 0. The van der Waals surface area contributed by atoms with E-state index in [1.807, 2.05) is 48.5 Å². The first-order chi connectivity index (χ1) is 8.40. The van der Waals surface area contributed by atoms with Crippen molar-refractivity contribution >= 4 is 23.1 Å². The molecule has 0 spiro atoms. The molecule has 0 aliphatic heterocycles. The fraction of sp³-hybridized carbons (Fsp3) is 0.143. The van der Waals surface area contributed by atoms with Crippen molar-refractivity contribution in [1.29, 1.82) is 0 Å². The summed E-state index contributed by atoms with van der Waals surface area (Å²) in [6.07, 6.45) is 0. The third-order valence-electron chi connectivity index (χ3n) is 2.19. The van der Waals surface area contributed by atoms with Crippen LogP contribution in [0.15, 0.2) is 69.7 Å². The number of hydrogen-bond acceptors (Lipinski definition) is 3. The molecule has 2 aromatic rings. The van der Waals surface area contributed by atoms with Crippen LogP contribution >= 0.6 is 11.8 Å². The predicted octanol–water partition coefficient (Wildman–Crippen LogP) is 5.21. The smallest absolute Gasteiger partial charge is 0.0992 e. The number of thioether (sulfide) groups is 1. The lowest BCUT2D eigenvalue weighted by atomic mass is 10.3. The lowest BCUT2D eigenvalue weighted by molar-refractivity contribution is 1.19. The molecule has 2 aromatic carbocycles. The Hall–Kier alpha value is -1.61. The van der Waals surface area contributed by atoms with Crippen LogP contribution in [0.4, 0.5) is 11.4 Å². The Labute approximate surface area is 106 Å². The maximum atomic E-state index is 4.30. The van der Waals surface area contributed by atoms with Gasteiger partial charge in [0.1, 0.15) is 0 Å². The second kappa shape index (κ2) is 6.21. The van der Waals surface area contributed by atoms with Crippen LogP contribution in [0.2, 0.25) is 0 Å². The Morgan fingerprint density at radius 2 is 1.59 bits per heavy atom. The van der Waals surface area contributed by atoms with Gasteiger partial charge < -0.3 is 0 Å². The van der Waals surface area contributed by atoms with E-state index in [9.17, 15) is 0 Å². The minimum atomic E-state index is 0.879. The third-order valence-corrected chi connectivity index (χ3v) is 3.14. The molecule has 0 aliphatic rings. The average Bonchev–Trinajstić information content (AvgIpc) is 2.39. The highest BCUT2D eigenvalue weighted by molar-refractivity contribution is 7.99.